The molecule has 0 unspecified atom stereocenters. The summed E-state index contributed by atoms with van der Waals surface area (Å²) in [7, 11) is 0. The van der Waals surface area contributed by atoms with E-state index in [9.17, 15) is 14.7 Å². The number of rotatable bonds is 0. The van der Waals surface area contributed by atoms with Gasteiger partial charge in [-0.1, -0.05) is 13.0 Å². The molecule has 6 heteroatoms. The Balaban J connectivity index is 1.91. The van der Waals surface area contributed by atoms with Gasteiger partial charge in [-0.2, -0.15) is 0 Å². The third kappa shape index (κ3) is 3.00. The standard InChI is InChI=1S/C17H23NO5/c1-3-11-8-10(2)15(19)17(21)22-9-12-4-6-18-7-5-13(14(12)18)23-16(11)20/h3,10,13,15,19H,4-9H2,1-2H3/t10-,13-,15+/m1/s1. The van der Waals surface area contributed by atoms with Gasteiger partial charge in [0, 0.05) is 25.1 Å². The van der Waals surface area contributed by atoms with Crippen molar-refractivity contribution in [1.29, 1.82) is 0 Å². The van der Waals surface area contributed by atoms with Gasteiger partial charge in [-0.25, -0.2) is 9.59 Å². The van der Waals surface area contributed by atoms with Crippen molar-refractivity contribution >= 4 is 11.9 Å². The molecule has 1 saturated heterocycles. The van der Waals surface area contributed by atoms with Crippen molar-refractivity contribution in [2.45, 2.75) is 45.3 Å². The quantitative estimate of drug-likeness (QED) is 0.533. The van der Waals surface area contributed by atoms with Gasteiger partial charge in [0.15, 0.2) is 6.10 Å². The molecule has 3 aliphatic heterocycles. The average molecular weight is 321 g/mol. The third-order valence-corrected chi connectivity index (χ3v) is 4.92. The van der Waals surface area contributed by atoms with Crippen LogP contribution in [0.5, 0.6) is 0 Å². The summed E-state index contributed by atoms with van der Waals surface area (Å²) in [5.74, 6) is -1.38. The van der Waals surface area contributed by atoms with E-state index in [1.807, 2.05) is 0 Å². The van der Waals surface area contributed by atoms with Crippen LogP contribution in [0.1, 0.15) is 33.1 Å². The van der Waals surface area contributed by atoms with E-state index in [4.69, 9.17) is 9.47 Å². The highest BCUT2D eigenvalue weighted by molar-refractivity contribution is 5.89. The molecule has 1 N–H and O–H groups in total. The van der Waals surface area contributed by atoms with E-state index in [1.54, 1.807) is 19.9 Å². The molecule has 23 heavy (non-hydrogen) atoms. The molecule has 0 aliphatic carbocycles. The Hall–Kier alpha value is -1.82. The second-order valence-electron chi connectivity index (χ2n) is 6.46. The first kappa shape index (κ1) is 16.1. The minimum atomic E-state index is -1.24. The lowest BCUT2D eigenvalue weighted by Crippen LogP contribution is -2.32. The number of ether oxygens (including phenoxy) is 2. The molecule has 0 aromatic carbocycles. The van der Waals surface area contributed by atoms with Crippen molar-refractivity contribution in [2.24, 2.45) is 5.92 Å². The zero-order valence-electron chi connectivity index (χ0n) is 13.6. The summed E-state index contributed by atoms with van der Waals surface area (Å²) in [4.78, 5) is 26.7. The number of carbonyl (C=O) groups excluding carboxylic acids is 2. The van der Waals surface area contributed by atoms with E-state index in [1.165, 1.54) is 0 Å². The lowest BCUT2D eigenvalue weighted by Gasteiger charge is -2.23. The Bertz CT molecular complexity index is 580. The van der Waals surface area contributed by atoms with E-state index in [0.717, 1.165) is 37.2 Å². The van der Waals surface area contributed by atoms with Crippen LogP contribution < -0.4 is 0 Å². The number of carbonyl (C=O) groups is 2. The van der Waals surface area contributed by atoms with E-state index in [0.29, 0.717) is 5.57 Å². The summed E-state index contributed by atoms with van der Waals surface area (Å²) < 4.78 is 11.0. The van der Waals surface area contributed by atoms with Crippen LogP contribution in [-0.4, -0.2) is 53.8 Å². The van der Waals surface area contributed by atoms with Crippen molar-refractivity contribution in [3.05, 3.63) is 22.9 Å². The van der Waals surface area contributed by atoms with E-state index >= 15 is 0 Å². The first-order valence-electron chi connectivity index (χ1n) is 8.19. The first-order valence-corrected chi connectivity index (χ1v) is 8.19. The van der Waals surface area contributed by atoms with Gasteiger partial charge in [0.2, 0.25) is 0 Å². The van der Waals surface area contributed by atoms with E-state index < -0.39 is 18.0 Å². The fourth-order valence-corrected chi connectivity index (χ4v) is 3.53. The van der Waals surface area contributed by atoms with Gasteiger partial charge < -0.3 is 19.5 Å². The van der Waals surface area contributed by atoms with Gasteiger partial charge in [-0.05, 0) is 31.3 Å². The van der Waals surface area contributed by atoms with Crippen LogP contribution in [0.15, 0.2) is 22.9 Å². The molecule has 0 aromatic rings. The van der Waals surface area contributed by atoms with Crippen molar-refractivity contribution in [3.8, 4) is 0 Å². The van der Waals surface area contributed by atoms with Gasteiger partial charge in [-0.3, -0.25) is 0 Å². The van der Waals surface area contributed by atoms with Crippen molar-refractivity contribution in [1.82, 2.24) is 4.90 Å². The summed E-state index contributed by atoms with van der Waals surface area (Å²) in [6, 6.07) is 0. The van der Waals surface area contributed by atoms with Crippen LogP contribution in [0.2, 0.25) is 0 Å². The zero-order chi connectivity index (χ0) is 16.6. The Morgan fingerprint density at radius 1 is 1.30 bits per heavy atom. The number of aliphatic hydroxyl groups excluding tert-OH is 1. The van der Waals surface area contributed by atoms with Crippen LogP contribution in [-0.2, 0) is 19.1 Å². The number of hydrogen-bond donors (Lipinski definition) is 1. The van der Waals surface area contributed by atoms with Gasteiger partial charge in [-0.15, -0.1) is 0 Å². The largest absolute Gasteiger partial charge is 0.459 e. The minimum absolute atomic E-state index is 0.166. The SMILES string of the molecule is CC=C1C[C@@H](C)[C@H](O)C(=O)OCC2=C3[C@@H](CCN3CC2)OC1=O. The van der Waals surface area contributed by atoms with Gasteiger partial charge in [0.25, 0.3) is 0 Å². The lowest BCUT2D eigenvalue weighted by atomic mass is 9.95. The monoisotopic (exact) mass is 321 g/mol. The smallest absolute Gasteiger partial charge is 0.335 e. The maximum Gasteiger partial charge on any atom is 0.335 e. The summed E-state index contributed by atoms with van der Waals surface area (Å²) in [6.07, 6.45) is 2.06. The Kier molecular flexibility index (Phi) is 4.43. The highest BCUT2D eigenvalue weighted by Gasteiger charge is 2.38. The topological polar surface area (TPSA) is 76.1 Å². The van der Waals surface area contributed by atoms with Gasteiger partial charge >= 0.3 is 11.9 Å². The molecule has 3 heterocycles. The third-order valence-electron chi connectivity index (χ3n) is 4.92. The molecule has 0 radical (unpaired) electrons. The minimum Gasteiger partial charge on any atom is -0.459 e. The van der Waals surface area contributed by atoms with Gasteiger partial charge in [0.05, 0.1) is 5.70 Å². The molecule has 0 bridgehead atoms. The molecular weight excluding hydrogens is 298 g/mol. The maximum atomic E-state index is 12.4. The fraction of sp³-hybridized carbons (Fsp3) is 0.647. The Morgan fingerprint density at radius 2 is 2.09 bits per heavy atom. The Morgan fingerprint density at radius 3 is 2.83 bits per heavy atom. The average Bonchev–Trinajstić information content (AvgIpc) is 3.11. The number of aliphatic hydroxyl groups is 1. The predicted octanol–water partition coefficient (Wildman–Crippen LogP) is 1.15. The van der Waals surface area contributed by atoms with Crippen LogP contribution in [0.25, 0.3) is 0 Å². The number of nitrogens with zero attached hydrogens (tertiary/aromatic N) is 1. The number of allylic oxidation sites excluding steroid dienone is 1. The number of hydrogen-bond acceptors (Lipinski definition) is 6. The number of esters is 2. The van der Waals surface area contributed by atoms with Crippen LogP contribution in [0.4, 0.5) is 0 Å². The molecule has 0 saturated carbocycles. The van der Waals surface area contributed by atoms with E-state index in [2.05, 4.69) is 4.90 Å². The maximum absolute atomic E-state index is 12.4. The predicted molar refractivity (Wildman–Crippen MR) is 82.2 cm³/mol. The Labute approximate surface area is 135 Å². The molecule has 6 nitrogen and oxygen atoms in total. The van der Waals surface area contributed by atoms with Crippen LogP contribution >= 0.6 is 0 Å². The molecule has 0 spiro atoms. The summed E-state index contributed by atoms with van der Waals surface area (Å²) in [5, 5.41) is 10.1. The molecule has 3 atom stereocenters. The first-order chi connectivity index (χ1) is 11.0. The molecule has 3 aliphatic rings. The highest BCUT2D eigenvalue weighted by atomic mass is 16.6. The molecule has 1 fully saturated rings. The van der Waals surface area contributed by atoms with Gasteiger partial charge in [0.1, 0.15) is 12.7 Å². The lowest BCUT2D eigenvalue weighted by molar-refractivity contribution is -0.156. The molecule has 3 rings (SSSR count). The second-order valence-corrected chi connectivity index (χ2v) is 6.46. The summed E-state index contributed by atoms with van der Waals surface area (Å²) in [6.45, 7) is 5.38. The molecule has 0 aromatic heterocycles. The normalized spacial score (nSPS) is 34.0. The highest BCUT2D eigenvalue weighted by Crippen LogP contribution is 2.35. The summed E-state index contributed by atoms with van der Waals surface area (Å²) in [5.41, 5.74) is 2.48. The van der Waals surface area contributed by atoms with Crippen molar-refractivity contribution < 1.29 is 24.2 Å². The molecule has 0 amide bonds. The second kappa shape index (κ2) is 6.35. The van der Waals surface area contributed by atoms with Crippen LogP contribution in [0.3, 0.4) is 0 Å². The van der Waals surface area contributed by atoms with Crippen LogP contribution in [0, 0.1) is 5.92 Å². The summed E-state index contributed by atoms with van der Waals surface area (Å²) >= 11 is 0. The molecular formula is C17H23NO5. The van der Waals surface area contributed by atoms with E-state index in [-0.39, 0.29) is 25.1 Å². The molecule has 126 valence electrons. The van der Waals surface area contributed by atoms with Crippen molar-refractivity contribution in [2.75, 3.05) is 19.7 Å². The fourth-order valence-electron chi connectivity index (χ4n) is 3.53. The zero-order valence-corrected chi connectivity index (χ0v) is 13.6. The number of cyclic esters (lactones) is 1. The van der Waals surface area contributed by atoms with Crippen molar-refractivity contribution in [3.63, 3.8) is 0 Å².